The second kappa shape index (κ2) is 5.78. The number of carbonyl (C=O) groups is 1. The highest BCUT2D eigenvalue weighted by atomic mass is 32.1. The van der Waals surface area contributed by atoms with E-state index in [2.05, 4.69) is 5.32 Å². The van der Waals surface area contributed by atoms with Crippen molar-refractivity contribution in [3.63, 3.8) is 0 Å². The zero-order chi connectivity index (χ0) is 10.4. The molecular weight excluding hydrogens is 198 g/mol. The molecule has 4 heteroatoms. The molecule has 0 radical (unpaired) electrons. The Bertz CT molecular complexity index is 272. The zero-order valence-corrected chi connectivity index (χ0v) is 9.01. The largest absolute Gasteiger partial charge is 0.481 e. The van der Waals surface area contributed by atoms with Crippen molar-refractivity contribution in [3.8, 4) is 0 Å². The van der Waals surface area contributed by atoms with Gasteiger partial charge in [-0.2, -0.15) is 0 Å². The quantitative estimate of drug-likeness (QED) is 0.759. The minimum absolute atomic E-state index is 0.269. The number of thiophene rings is 1. The Morgan fingerprint density at radius 3 is 3.00 bits per heavy atom. The number of hydrogen-bond donors (Lipinski definition) is 2. The van der Waals surface area contributed by atoms with Gasteiger partial charge in [0.25, 0.3) is 0 Å². The summed E-state index contributed by atoms with van der Waals surface area (Å²) < 4.78 is 0. The molecule has 0 saturated carbocycles. The van der Waals surface area contributed by atoms with Crippen LogP contribution in [0.4, 0.5) is 0 Å². The molecule has 0 aromatic carbocycles. The van der Waals surface area contributed by atoms with Crippen LogP contribution in [-0.4, -0.2) is 17.6 Å². The number of carboxylic acid groups (broad SMARTS) is 1. The highest BCUT2D eigenvalue weighted by molar-refractivity contribution is 7.09. The van der Waals surface area contributed by atoms with Gasteiger partial charge in [0.2, 0.25) is 0 Å². The van der Waals surface area contributed by atoms with Crippen molar-refractivity contribution in [2.75, 3.05) is 6.54 Å². The fraction of sp³-hybridized carbons (Fsp3) is 0.500. The average molecular weight is 213 g/mol. The lowest BCUT2D eigenvalue weighted by atomic mass is 10.1. The molecule has 1 aromatic heterocycles. The Balaban J connectivity index is 2.23. The molecule has 0 aliphatic rings. The summed E-state index contributed by atoms with van der Waals surface area (Å²) in [4.78, 5) is 11.9. The van der Waals surface area contributed by atoms with E-state index < -0.39 is 5.97 Å². The summed E-state index contributed by atoms with van der Waals surface area (Å²) in [5.41, 5.74) is 0. The van der Waals surface area contributed by atoms with Gasteiger partial charge in [-0.15, -0.1) is 11.3 Å². The van der Waals surface area contributed by atoms with E-state index in [0.29, 0.717) is 13.0 Å². The lowest BCUT2D eigenvalue weighted by Gasteiger charge is -2.09. The van der Waals surface area contributed by atoms with E-state index in [1.807, 2.05) is 24.4 Å². The van der Waals surface area contributed by atoms with Crippen molar-refractivity contribution in [3.05, 3.63) is 22.4 Å². The third-order valence-corrected chi connectivity index (χ3v) is 2.99. The highest BCUT2D eigenvalue weighted by Crippen LogP contribution is 2.08. The smallest absolute Gasteiger partial charge is 0.307 e. The fourth-order valence-electron chi connectivity index (χ4n) is 1.19. The summed E-state index contributed by atoms with van der Waals surface area (Å²) in [7, 11) is 0. The van der Waals surface area contributed by atoms with Crippen molar-refractivity contribution in [1.82, 2.24) is 5.32 Å². The Hall–Kier alpha value is -0.870. The molecule has 14 heavy (non-hydrogen) atoms. The molecule has 0 bridgehead atoms. The Morgan fingerprint density at radius 1 is 1.71 bits per heavy atom. The second-order valence-electron chi connectivity index (χ2n) is 3.15. The van der Waals surface area contributed by atoms with Gasteiger partial charge in [-0.1, -0.05) is 13.0 Å². The average Bonchev–Trinajstić information content (AvgIpc) is 2.64. The minimum atomic E-state index is -0.717. The van der Waals surface area contributed by atoms with Crippen molar-refractivity contribution in [1.29, 1.82) is 0 Å². The Kier molecular flexibility index (Phi) is 4.62. The van der Waals surface area contributed by atoms with E-state index in [0.717, 1.165) is 6.54 Å². The lowest BCUT2D eigenvalue weighted by molar-refractivity contribution is -0.141. The Morgan fingerprint density at radius 2 is 2.50 bits per heavy atom. The van der Waals surface area contributed by atoms with Crippen LogP contribution in [0.3, 0.4) is 0 Å². The van der Waals surface area contributed by atoms with Crippen molar-refractivity contribution >= 4 is 17.3 Å². The number of aliphatic carboxylic acids is 1. The van der Waals surface area contributed by atoms with Crippen molar-refractivity contribution in [2.24, 2.45) is 5.92 Å². The van der Waals surface area contributed by atoms with Crippen LogP contribution in [0.5, 0.6) is 0 Å². The first-order valence-electron chi connectivity index (χ1n) is 4.70. The summed E-state index contributed by atoms with van der Waals surface area (Å²) in [6.45, 7) is 3.21. The molecule has 0 aliphatic carbocycles. The van der Waals surface area contributed by atoms with Gasteiger partial charge < -0.3 is 10.4 Å². The molecule has 0 amide bonds. The molecule has 78 valence electrons. The molecular formula is C10H15NO2S. The van der Waals surface area contributed by atoms with Gasteiger partial charge in [0.05, 0.1) is 5.92 Å². The predicted molar refractivity (Wildman–Crippen MR) is 57.4 cm³/mol. The first-order chi connectivity index (χ1) is 6.74. The van der Waals surface area contributed by atoms with E-state index in [1.54, 1.807) is 11.3 Å². The van der Waals surface area contributed by atoms with E-state index in [9.17, 15) is 4.79 Å². The molecule has 0 saturated heterocycles. The number of hydrogen-bond acceptors (Lipinski definition) is 3. The van der Waals surface area contributed by atoms with Crippen LogP contribution in [-0.2, 0) is 11.3 Å². The maximum atomic E-state index is 10.7. The van der Waals surface area contributed by atoms with Gasteiger partial charge in [-0.25, -0.2) is 0 Å². The number of carboxylic acids is 1. The van der Waals surface area contributed by atoms with Crippen LogP contribution < -0.4 is 5.32 Å². The molecule has 1 unspecified atom stereocenters. The lowest BCUT2D eigenvalue weighted by Crippen LogP contribution is -2.27. The normalized spacial score (nSPS) is 12.6. The first kappa shape index (κ1) is 11.2. The molecule has 0 fully saturated rings. The Labute approximate surface area is 87.8 Å². The molecule has 1 atom stereocenters. The standard InChI is InChI=1S/C10H15NO2S/c1-2-8(10(12)13)6-11-7-9-4-3-5-14-9/h3-5,8,11H,2,6-7H2,1H3,(H,12,13). The van der Waals surface area contributed by atoms with Gasteiger partial charge in [0.1, 0.15) is 0 Å². The third-order valence-electron chi connectivity index (χ3n) is 2.11. The van der Waals surface area contributed by atoms with E-state index in [1.165, 1.54) is 4.88 Å². The van der Waals surface area contributed by atoms with Gasteiger partial charge >= 0.3 is 5.97 Å². The molecule has 1 heterocycles. The van der Waals surface area contributed by atoms with Crippen molar-refractivity contribution in [2.45, 2.75) is 19.9 Å². The van der Waals surface area contributed by atoms with Gasteiger partial charge in [-0.05, 0) is 17.9 Å². The van der Waals surface area contributed by atoms with E-state index in [4.69, 9.17) is 5.11 Å². The van der Waals surface area contributed by atoms with E-state index in [-0.39, 0.29) is 5.92 Å². The molecule has 1 rings (SSSR count). The predicted octanol–water partition coefficient (Wildman–Crippen LogP) is 1.95. The third kappa shape index (κ3) is 3.47. The molecule has 0 aliphatic heterocycles. The minimum Gasteiger partial charge on any atom is -0.481 e. The highest BCUT2D eigenvalue weighted by Gasteiger charge is 2.13. The zero-order valence-electron chi connectivity index (χ0n) is 8.19. The summed E-state index contributed by atoms with van der Waals surface area (Å²) in [6, 6.07) is 4.04. The monoisotopic (exact) mass is 213 g/mol. The van der Waals surface area contributed by atoms with Gasteiger partial charge in [0.15, 0.2) is 0 Å². The topological polar surface area (TPSA) is 49.3 Å². The molecule has 0 spiro atoms. The maximum absolute atomic E-state index is 10.7. The first-order valence-corrected chi connectivity index (χ1v) is 5.58. The maximum Gasteiger partial charge on any atom is 0.307 e. The van der Waals surface area contributed by atoms with Crippen LogP contribution in [0.1, 0.15) is 18.2 Å². The van der Waals surface area contributed by atoms with Gasteiger partial charge in [0, 0.05) is 18.0 Å². The summed E-state index contributed by atoms with van der Waals surface area (Å²) in [5, 5.41) is 14.0. The van der Waals surface area contributed by atoms with Crippen LogP contribution in [0, 0.1) is 5.92 Å². The van der Waals surface area contributed by atoms with Gasteiger partial charge in [-0.3, -0.25) is 4.79 Å². The van der Waals surface area contributed by atoms with Crippen molar-refractivity contribution < 1.29 is 9.90 Å². The van der Waals surface area contributed by atoms with Crippen LogP contribution in [0.15, 0.2) is 17.5 Å². The number of nitrogens with one attached hydrogen (secondary N) is 1. The van der Waals surface area contributed by atoms with Crippen LogP contribution >= 0.6 is 11.3 Å². The second-order valence-corrected chi connectivity index (χ2v) is 4.19. The van der Waals surface area contributed by atoms with E-state index >= 15 is 0 Å². The summed E-state index contributed by atoms with van der Waals surface area (Å²) in [6.07, 6.45) is 0.673. The fourth-order valence-corrected chi connectivity index (χ4v) is 1.86. The summed E-state index contributed by atoms with van der Waals surface area (Å²) >= 11 is 1.68. The SMILES string of the molecule is CCC(CNCc1cccs1)C(=O)O. The summed E-state index contributed by atoms with van der Waals surface area (Å²) in [5.74, 6) is -0.985. The van der Waals surface area contributed by atoms with Crippen LogP contribution in [0.2, 0.25) is 0 Å². The number of rotatable bonds is 6. The molecule has 3 nitrogen and oxygen atoms in total. The molecule has 1 aromatic rings. The van der Waals surface area contributed by atoms with Crippen LogP contribution in [0.25, 0.3) is 0 Å². The molecule has 2 N–H and O–H groups in total.